The third kappa shape index (κ3) is 3.05. The quantitative estimate of drug-likeness (QED) is 0.454. The van der Waals surface area contributed by atoms with Gasteiger partial charge < -0.3 is 24.4 Å². The number of pyridine rings is 1. The summed E-state index contributed by atoms with van der Waals surface area (Å²) < 4.78 is 18.5. The van der Waals surface area contributed by atoms with Crippen LogP contribution in [0.2, 0.25) is 5.02 Å². The molecule has 7 nitrogen and oxygen atoms in total. The number of benzene rings is 1. The largest absolute Gasteiger partial charge is 0.481 e. The first-order chi connectivity index (χ1) is 16.1. The molecule has 9 heteroatoms. The molecule has 3 aliphatic heterocycles. The van der Waals surface area contributed by atoms with Gasteiger partial charge in [-0.3, -0.25) is 4.98 Å². The standard InChI is InChI=1S/C24H20ClN3O4S/c25-13-5-12-6-19(22-16-9-26-3-2-17(16)28-32-22)31-21(12)15(7-13)14-1-4-27-18-8-20(33-23(14)18)24(29)10-30-11-24/h1,4-5,7-8,19,26,29H,2-3,6,9-11H2. The average Bonchev–Trinajstić information content (AvgIpc) is 3.52. The molecule has 4 aromatic rings. The van der Waals surface area contributed by atoms with Crippen molar-refractivity contribution in [1.29, 1.82) is 0 Å². The van der Waals surface area contributed by atoms with Gasteiger partial charge in [0.25, 0.3) is 0 Å². The van der Waals surface area contributed by atoms with E-state index in [4.69, 9.17) is 25.6 Å². The van der Waals surface area contributed by atoms with E-state index in [0.717, 1.165) is 74.1 Å². The van der Waals surface area contributed by atoms with Gasteiger partial charge in [0.1, 0.15) is 11.4 Å². The van der Waals surface area contributed by atoms with Crippen molar-refractivity contribution in [3.05, 3.63) is 62.9 Å². The van der Waals surface area contributed by atoms with Gasteiger partial charge in [-0.05, 0) is 24.3 Å². The van der Waals surface area contributed by atoms with Crippen LogP contribution in [-0.2, 0) is 29.7 Å². The first kappa shape index (κ1) is 19.9. The van der Waals surface area contributed by atoms with E-state index in [1.54, 1.807) is 17.5 Å². The fourth-order valence-electron chi connectivity index (χ4n) is 4.90. The molecule has 6 heterocycles. The molecule has 7 rings (SSSR count). The van der Waals surface area contributed by atoms with Crippen molar-refractivity contribution in [1.82, 2.24) is 15.5 Å². The summed E-state index contributed by atoms with van der Waals surface area (Å²) in [4.78, 5) is 5.40. The number of ether oxygens (including phenoxy) is 2. The number of aromatic nitrogens is 2. The molecule has 0 aliphatic carbocycles. The van der Waals surface area contributed by atoms with Gasteiger partial charge >= 0.3 is 0 Å². The number of hydrogen-bond acceptors (Lipinski definition) is 8. The second-order valence-corrected chi connectivity index (χ2v) is 10.3. The van der Waals surface area contributed by atoms with E-state index in [-0.39, 0.29) is 6.10 Å². The summed E-state index contributed by atoms with van der Waals surface area (Å²) in [5.74, 6) is 1.60. The molecule has 1 unspecified atom stereocenters. The topological polar surface area (TPSA) is 89.6 Å². The Morgan fingerprint density at radius 2 is 2.12 bits per heavy atom. The summed E-state index contributed by atoms with van der Waals surface area (Å²) in [6.45, 7) is 2.27. The Hall–Kier alpha value is -2.49. The monoisotopic (exact) mass is 481 g/mol. The maximum absolute atomic E-state index is 10.8. The Morgan fingerprint density at radius 1 is 1.21 bits per heavy atom. The van der Waals surface area contributed by atoms with Crippen LogP contribution in [0.5, 0.6) is 5.75 Å². The minimum atomic E-state index is -0.931. The van der Waals surface area contributed by atoms with E-state index < -0.39 is 5.60 Å². The van der Waals surface area contributed by atoms with Crippen LogP contribution in [0.15, 0.2) is 35.0 Å². The minimum Gasteiger partial charge on any atom is -0.481 e. The molecule has 168 valence electrons. The highest BCUT2D eigenvalue weighted by atomic mass is 35.5. The van der Waals surface area contributed by atoms with Gasteiger partial charge in [-0.15, -0.1) is 11.3 Å². The van der Waals surface area contributed by atoms with Gasteiger partial charge in [0, 0.05) is 64.3 Å². The van der Waals surface area contributed by atoms with Crippen LogP contribution in [0.25, 0.3) is 21.3 Å². The van der Waals surface area contributed by atoms with Crippen LogP contribution < -0.4 is 10.1 Å². The molecule has 3 aliphatic rings. The first-order valence-electron chi connectivity index (χ1n) is 11.0. The van der Waals surface area contributed by atoms with Crippen molar-refractivity contribution < 1.29 is 19.1 Å². The number of halogens is 1. The third-order valence-corrected chi connectivity index (χ3v) is 8.24. The predicted molar refractivity (Wildman–Crippen MR) is 124 cm³/mol. The Morgan fingerprint density at radius 3 is 2.97 bits per heavy atom. The van der Waals surface area contributed by atoms with Crippen molar-refractivity contribution in [3.8, 4) is 16.9 Å². The molecule has 3 aromatic heterocycles. The van der Waals surface area contributed by atoms with Gasteiger partial charge in [-0.2, -0.15) is 0 Å². The molecule has 1 atom stereocenters. The number of nitrogens with zero attached hydrogens (tertiary/aromatic N) is 2. The lowest BCUT2D eigenvalue weighted by molar-refractivity contribution is -0.182. The van der Waals surface area contributed by atoms with Crippen LogP contribution in [0.4, 0.5) is 0 Å². The number of fused-ring (bicyclic) bond motifs is 3. The normalized spacial score (nSPS) is 20.8. The maximum Gasteiger partial charge on any atom is 0.182 e. The van der Waals surface area contributed by atoms with E-state index in [1.165, 1.54) is 0 Å². The average molecular weight is 482 g/mol. The summed E-state index contributed by atoms with van der Waals surface area (Å²) in [7, 11) is 0. The maximum atomic E-state index is 10.8. The summed E-state index contributed by atoms with van der Waals surface area (Å²) in [6.07, 6.45) is 3.08. The number of thiophene rings is 1. The second-order valence-electron chi connectivity index (χ2n) is 8.86. The van der Waals surface area contributed by atoms with E-state index in [2.05, 4.69) is 15.5 Å². The Bertz CT molecular complexity index is 1410. The van der Waals surface area contributed by atoms with Crippen LogP contribution in [0, 0.1) is 0 Å². The van der Waals surface area contributed by atoms with E-state index in [1.807, 2.05) is 24.3 Å². The summed E-state index contributed by atoms with van der Waals surface area (Å²) in [5, 5.41) is 19.1. The lowest BCUT2D eigenvalue weighted by Crippen LogP contribution is -2.45. The Kier molecular flexibility index (Phi) is 4.38. The molecule has 0 saturated carbocycles. The predicted octanol–water partition coefficient (Wildman–Crippen LogP) is 4.14. The highest BCUT2D eigenvalue weighted by Gasteiger charge is 2.40. The summed E-state index contributed by atoms with van der Waals surface area (Å²) >= 11 is 8.10. The minimum absolute atomic E-state index is 0.238. The fraction of sp³-hybridized carbons (Fsp3) is 0.333. The molecule has 0 radical (unpaired) electrons. The summed E-state index contributed by atoms with van der Waals surface area (Å²) in [6, 6.07) is 7.84. The number of rotatable bonds is 3. The van der Waals surface area contributed by atoms with Gasteiger partial charge in [-0.1, -0.05) is 16.8 Å². The first-order valence-corrected chi connectivity index (χ1v) is 12.2. The molecule has 0 amide bonds. The van der Waals surface area contributed by atoms with Crippen molar-refractivity contribution in [2.24, 2.45) is 0 Å². The zero-order valence-corrected chi connectivity index (χ0v) is 19.1. The van der Waals surface area contributed by atoms with Crippen LogP contribution in [0.1, 0.15) is 33.6 Å². The van der Waals surface area contributed by atoms with Gasteiger partial charge in [-0.25, -0.2) is 0 Å². The molecule has 0 spiro atoms. The Labute approximate surface area is 198 Å². The van der Waals surface area contributed by atoms with Crippen molar-refractivity contribution >= 4 is 33.2 Å². The molecular formula is C24H20ClN3O4S. The molecule has 1 fully saturated rings. The lowest BCUT2D eigenvalue weighted by atomic mass is 9.98. The van der Waals surface area contributed by atoms with Crippen molar-refractivity contribution in [2.75, 3.05) is 19.8 Å². The molecule has 1 saturated heterocycles. The smallest absolute Gasteiger partial charge is 0.182 e. The second kappa shape index (κ2) is 7.25. The zero-order chi connectivity index (χ0) is 22.2. The van der Waals surface area contributed by atoms with E-state index in [0.29, 0.717) is 24.7 Å². The molecule has 2 N–H and O–H groups in total. The number of aliphatic hydroxyl groups is 1. The third-order valence-electron chi connectivity index (χ3n) is 6.67. The molecule has 33 heavy (non-hydrogen) atoms. The van der Waals surface area contributed by atoms with E-state index >= 15 is 0 Å². The van der Waals surface area contributed by atoms with Crippen molar-refractivity contribution in [3.63, 3.8) is 0 Å². The highest BCUT2D eigenvalue weighted by molar-refractivity contribution is 7.19. The van der Waals surface area contributed by atoms with Gasteiger partial charge in [0.05, 0.1) is 29.1 Å². The van der Waals surface area contributed by atoms with Crippen LogP contribution >= 0.6 is 22.9 Å². The lowest BCUT2D eigenvalue weighted by Gasteiger charge is -2.35. The van der Waals surface area contributed by atoms with Gasteiger partial charge in [0.15, 0.2) is 11.9 Å². The zero-order valence-electron chi connectivity index (χ0n) is 17.6. The molecular weight excluding hydrogens is 462 g/mol. The van der Waals surface area contributed by atoms with Gasteiger partial charge in [0.2, 0.25) is 0 Å². The SMILES string of the molecule is OC1(c2cc3nccc(-c4cc(Cl)cc5c4OC(c4onc6c4CNCC6)C5)c3s2)COC1. The Balaban J connectivity index is 1.32. The van der Waals surface area contributed by atoms with Crippen LogP contribution in [-0.4, -0.2) is 35.0 Å². The molecule has 1 aromatic carbocycles. The molecule has 0 bridgehead atoms. The number of nitrogens with one attached hydrogen (secondary N) is 1. The van der Waals surface area contributed by atoms with E-state index in [9.17, 15) is 5.11 Å². The number of hydrogen-bond donors (Lipinski definition) is 2. The fourth-order valence-corrected chi connectivity index (χ4v) is 6.35. The van der Waals surface area contributed by atoms with Crippen molar-refractivity contribution in [2.45, 2.75) is 31.1 Å². The highest BCUT2D eigenvalue weighted by Crippen LogP contribution is 2.49. The summed E-state index contributed by atoms with van der Waals surface area (Å²) in [5.41, 5.74) is 4.98. The van der Waals surface area contributed by atoms with Crippen LogP contribution in [0.3, 0.4) is 0 Å².